The first-order valence-corrected chi connectivity index (χ1v) is 7.87. The molecule has 1 aromatic rings. The van der Waals surface area contributed by atoms with Crippen molar-refractivity contribution < 1.29 is 23.1 Å². The van der Waals surface area contributed by atoms with Crippen LogP contribution in [-0.4, -0.2) is 31.4 Å². The van der Waals surface area contributed by atoms with Gasteiger partial charge in [-0.05, 0) is 30.7 Å². The van der Waals surface area contributed by atoms with E-state index in [1.165, 1.54) is 31.2 Å². The monoisotopic (exact) mass is 314 g/mol. The molecule has 0 bridgehead atoms. The van der Waals surface area contributed by atoms with Gasteiger partial charge in [0.05, 0.1) is 4.90 Å². The zero-order valence-electron chi connectivity index (χ0n) is 11.8. The van der Waals surface area contributed by atoms with E-state index in [2.05, 4.69) is 10.0 Å². The standard InChI is InChI=1S/C13H18N2O5S/c1-3-4-12(13(17)18)15-21(19,20)11-7-5-10(6-8-11)14-9(2)16/h5-8,12,15H,3-4H2,1-2H3,(H,14,16)(H,17,18). The minimum atomic E-state index is -3.92. The Morgan fingerprint density at radius 2 is 1.81 bits per heavy atom. The second-order valence-electron chi connectivity index (χ2n) is 4.51. The fourth-order valence-corrected chi connectivity index (χ4v) is 2.92. The molecule has 1 atom stereocenters. The maximum atomic E-state index is 12.1. The lowest BCUT2D eigenvalue weighted by molar-refractivity contribution is -0.139. The van der Waals surface area contributed by atoms with Crippen molar-refractivity contribution in [2.24, 2.45) is 0 Å². The molecule has 0 aromatic heterocycles. The number of amides is 1. The van der Waals surface area contributed by atoms with Gasteiger partial charge in [-0.15, -0.1) is 0 Å². The lowest BCUT2D eigenvalue weighted by Crippen LogP contribution is -2.40. The molecular weight excluding hydrogens is 296 g/mol. The number of sulfonamides is 1. The largest absolute Gasteiger partial charge is 0.480 e. The maximum absolute atomic E-state index is 12.1. The molecule has 0 radical (unpaired) electrons. The molecular formula is C13H18N2O5S. The molecule has 0 heterocycles. The molecule has 8 heteroatoms. The molecule has 0 spiro atoms. The lowest BCUT2D eigenvalue weighted by atomic mass is 10.2. The molecule has 1 rings (SSSR count). The fourth-order valence-electron chi connectivity index (χ4n) is 1.70. The van der Waals surface area contributed by atoms with Crippen LogP contribution in [0.5, 0.6) is 0 Å². The minimum absolute atomic E-state index is 0.0565. The van der Waals surface area contributed by atoms with E-state index in [-0.39, 0.29) is 17.2 Å². The van der Waals surface area contributed by atoms with E-state index in [1.54, 1.807) is 6.92 Å². The topological polar surface area (TPSA) is 113 Å². The van der Waals surface area contributed by atoms with Crippen molar-refractivity contribution in [2.45, 2.75) is 37.6 Å². The van der Waals surface area contributed by atoms with Gasteiger partial charge in [0, 0.05) is 12.6 Å². The normalized spacial score (nSPS) is 12.7. The van der Waals surface area contributed by atoms with Crippen LogP contribution in [0.1, 0.15) is 26.7 Å². The summed E-state index contributed by atoms with van der Waals surface area (Å²) in [6.45, 7) is 3.11. The zero-order chi connectivity index (χ0) is 16.0. The molecule has 1 aromatic carbocycles. The van der Waals surface area contributed by atoms with Crippen molar-refractivity contribution >= 4 is 27.6 Å². The Labute approximate surface area is 123 Å². The molecule has 1 unspecified atom stereocenters. The van der Waals surface area contributed by atoms with Gasteiger partial charge in [0.1, 0.15) is 6.04 Å². The molecule has 0 saturated carbocycles. The molecule has 7 nitrogen and oxygen atoms in total. The third-order valence-electron chi connectivity index (χ3n) is 2.66. The quantitative estimate of drug-likeness (QED) is 0.699. The number of hydrogen-bond acceptors (Lipinski definition) is 4. The highest BCUT2D eigenvalue weighted by molar-refractivity contribution is 7.89. The lowest BCUT2D eigenvalue weighted by Gasteiger charge is -2.14. The van der Waals surface area contributed by atoms with Gasteiger partial charge in [-0.2, -0.15) is 4.72 Å². The first-order chi connectivity index (χ1) is 9.76. The summed E-state index contributed by atoms with van der Waals surface area (Å²) in [6.07, 6.45) is 0.749. The Balaban J connectivity index is 2.91. The summed E-state index contributed by atoms with van der Waals surface area (Å²) in [6, 6.07) is 4.32. The van der Waals surface area contributed by atoms with Crippen LogP contribution in [0, 0.1) is 0 Å². The van der Waals surface area contributed by atoms with Gasteiger partial charge in [0.15, 0.2) is 0 Å². The second kappa shape index (κ2) is 7.19. The molecule has 0 aliphatic heterocycles. The zero-order valence-corrected chi connectivity index (χ0v) is 12.6. The number of carbonyl (C=O) groups is 2. The van der Waals surface area contributed by atoms with E-state index in [9.17, 15) is 18.0 Å². The Hall–Kier alpha value is -1.93. The van der Waals surface area contributed by atoms with E-state index < -0.39 is 22.0 Å². The van der Waals surface area contributed by atoms with Crippen LogP contribution in [0.2, 0.25) is 0 Å². The van der Waals surface area contributed by atoms with Gasteiger partial charge < -0.3 is 10.4 Å². The Kier molecular flexibility index (Phi) is 5.86. The second-order valence-corrected chi connectivity index (χ2v) is 6.22. The summed E-state index contributed by atoms with van der Waals surface area (Å²) in [5.41, 5.74) is 0.463. The number of carboxylic acids is 1. The molecule has 0 aliphatic carbocycles. The van der Waals surface area contributed by atoms with Crippen molar-refractivity contribution in [2.75, 3.05) is 5.32 Å². The van der Waals surface area contributed by atoms with Gasteiger partial charge >= 0.3 is 5.97 Å². The number of hydrogen-bond donors (Lipinski definition) is 3. The highest BCUT2D eigenvalue weighted by atomic mass is 32.2. The molecule has 0 saturated heterocycles. The van der Waals surface area contributed by atoms with Crippen LogP contribution in [0.15, 0.2) is 29.2 Å². The highest BCUT2D eigenvalue weighted by Crippen LogP contribution is 2.15. The van der Waals surface area contributed by atoms with E-state index in [0.717, 1.165) is 0 Å². The SMILES string of the molecule is CCCC(NS(=O)(=O)c1ccc(NC(C)=O)cc1)C(=O)O. The molecule has 21 heavy (non-hydrogen) atoms. The highest BCUT2D eigenvalue weighted by Gasteiger charge is 2.24. The average Bonchev–Trinajstić information content (AvgIpc) is 2.37. The van der Waals surface area contributed by atoms with Crippen LogP contribution in [0.4, 0.5) is 5.69 Å². The molecule has 1 amide bonds. The summed E-state index contributed by atoms with van der Waals surface area (Å²) >= 11 is 0. The fraction of sp³-hybridized carbons (Fsp3) is 0.385. The number of nitrogens with one attached hydrogen (secondary N) is 2. The number of anilines is 1. The first-order valence-electron chi connectivity index (χ1n) is 6.39. The Morgan fingerprint density at radius 1 is 1.24 bits per heavy atom. The van der Waals surface area contributed by atoms with Crippen LogP contribution >= 0.6 is 0 Å². The number of carbonyl (C=O) groups excluding carboxylic acids is 1. The van der Waals surface area contributed by atoms with Gasteiger partial charge in [0.2, 0.25) is 15.9 Å². The van der Waals surface area contributed by atoms with Gasteiger partial charge in [-0.25, -0.2) is 8.42 Å². The Bertz CT molecular complexity index is 610. The van der Waals surface area contributed by atoms with Gasteiger partial charge in [-0.3, -0.25) is 9.59 Å². The summed E-state index contributed by atoms with van der Waals surface area (Å²) in [5.74, 6) is -1.48. The minimum Gasteiger partial charge on any atom is -0.480 e. The van der Waals surface area contributed by atoms with Gasteiger partial charge in [0.25, 0.3) is 0 Å². The predicted octanol–water partition coefficient (Wildman–Crippen LogP) is 1.18. The van der Waals surface area contributed by atoms with Crippen molar-refractivity contribution in [3.8, 4) is 0 Å². The van der Waals surface area contributed by atoms with E-state index in [4.69, 9.17) is 5.11 Å². The summed E-state index contributed by atoms with van der Waals surface area (Å²) in [4.78, 5) is 21.8. The first kappa shape index (κ1) is 17.1. The van der Waals surface area contributed by atoms with Gasteiger partial charge in [-0.1, -0.05) is 13.3 Å². The molecule has 3 N–H and O–H groups in total. The number of carboxylic acid groups (broad SMARTS) is 1. The maximum Gasteiger partial charge on any atom is 0.321 e. The van der Waals surface area contributed by atoms with Crippen molar-refractivity contribution in [3.63, 3.8) is 0 Å². The van der Waals surface area contributed by atoms with E-state index in [0.29, 0.717) is 12.1 Å². The smallest absolute Gasteiger partial charge is 0.321 e. The van der Waals surface area contributed by atoms with Crippen LogP contribution in [-0.2, 0) is 19.6 Å². The summed E-state index contributed by atoms with van der Waals surface area (Å²) < 4.78 is 26.3. The van der Waals surface area contributed by atoms with E-state index >= 15 is 0 Å². The molecule has 0 aliphatic rings. The summed E-state index contributed by atoms with van der Waals surface area (Å²) in [7, 11) is -3.92. The van der Waals surface area contributed by atoms with Crippen molar-refractivity contribution in [1.29, 1.82) is 0 Å². The van der Waals surface area contributed by atoms with E-state index in [1.807, 2.05) is 0 Å². The third kappa shape index (κ3) is 5.16. The molecule has 0 fully saturated rings. The van der Waals surface area contributed by atoms with Crippen molar-refractivity contribution in [1.82, 2.24) is 4.72 Å². The predicted molar refractivity (Wildman–Crippen MR) is 77.4 cm³/mol. The molecule has 116 valence electrons. The number of rotatable bonds is 7. The van der Waals surface area contributed by atoms with Crippen LogP contribution in [0.3, 0.4) is 0 Å². The number of benzene rings is 1. The summed E-state index contributed by atoms with van der Waals surface area (Å²) in [5, 5.41) is 11.5. The third-order valence-corrected chi connectivity index (χ3v) is 4.15. The average molecular weight is 314 g/mol. The van der Waals surface area contributed by atoms with Crippen molar-refractivity contribution in [3.05, 3.63) is 24.3 Å². The Morgan fingerprint density at radius 3 is 2.24 bits per heavy atom. The van der Waals surface area contributed by atoms with Crippen LogP contribution < -0.4 is 10.0 Å². The van der Waals surface area contributed by atoms with Crippen LogP contribution in [0.25, 0.3) is 0 Å². The number of aliphatic carboxylic acids is 1.